The number of hydrogen-bond donors (Lipinski definition) is 3. The van der Waals surface area contributed by atoms with Crippen LogP contribution in [0.1, 0.15) is 33.6 Å². The molecule has 11 nitrogen and oxygen atoms in total. The van der Waals surface area contributed by atoms with Crippen molar-refractivity contribution in [1.82, 2.24) is 9.97 Å². The van der Waals surface area contributed by atoms with Crippen molar-refractivity contribution in [3.63, 3.8) is 0 Å². The summed E-state index contributed by atoms with van der Waals surface area (Å²) in [6.45, 7) is 1.00. The minimum absolute atomic E-state index is 0.150. The summed E-state index contributed by atoms with van der Waals surface area (Å²) < 4.78 is 9.48. The highest BCUT2D eigenvalue weighted by molar-refractivity contribution is 5.97. The van der Waals surface area contributed by atoms with Crippen molar-refractivity contribution in [1.29, 1.82) is 0 Å². The summed E-state index contributed by atoms with van der Waals surface area (Å²) in [6.07, 6.45) is 2.32. The molecule has 1 aromatic heterocycles. The van der Waals surface area contributed by atoms with Crippen LogP contribution in [0.5, 0.6) is 0 Å². The van der Waals surface area contributed by atoms with Crippen molar-refractivity contribution in [2.75, 3.05) is 43.3 Å². The largest absolute Gasteiger partial charge is 0.481 e. The molecular weight excluding hydrogens is 406 g/mol. The van der Waals surface area contributed by atoms with Gasteiger partial charge < -0.3 is 30.5 Å². The quantitative estimate of drug-likeness (QED) is 0.574. The summed E-state index contributed by atoms with van der Waals surface area (Å²) in [7, 11) is 2.48. The summed E-state index contributed by atoms with van der Waals surface area (Å²) in [5, 5.41) is 12.2. The number of nitrogens with zero attached hydrogens (tertiary/aromatic N) is 3. The highest BCUT2D eigenvalue weighted by Gasteiger charge is 2.27. The summed E-state index contributed by atoms with van der Waals surface area (Å²) in [6, 6.07) is 4.36. The first-order chi connectivity index (χ1) is 14.8. The number of carboxylic acids is 1. The number of methoxy groups -OCH3 is 2. The lowest BCUT2D eigenvalue weighted by molar-refractivity contribution is -0.142. The summed E-state index contributed by atoms with van der Waals surface area (Å²) >= 11 is 0. The molecule has 0 aliphatic carbocycles. The van der Waals surface area contributed by atoms with Crippen molar-refractivity contribution in [2.24, 2.45) is 5.92 Å². The van der Waals surface area contributed by atoms with E-state index in [1.807, 2.05) is 4.90 Å². The molecule has 0 unspecified atom stereocenters. The Morgan fingerprint density at radius 3 is 2.16 bits per heavy atom. The fraction of sp³-hybridized carbons (Fsp3) is 0.350. The van der Waals surface area contributed by atoms with Crippen LogP contribution in [0, 0.1) is 5.92 Å². The van der Waals surface area contributed by atoms with Crippen molar-refractivity contribution >= 4 is 40.9 Å². The van der Waals surface area contributed by atoms with Crippen LogP contribution < -0.4 is 16.0 Å². The molecule has 1 aliphatic heterocycles. The highest BCUT2D eigenvalue weighted by atomic mass is 16.5. The number of piperidine rings is 1. The Morgan fingerprint density at radius 1 is 1.06 bits per heavy atom. The third-order valence-corrected chi connectivity index (χ3v) is 5.04. The van der Waals surface area contributed by atoms with E-state index in [2.05, 4.69) is 15.3 Å². The van der Waals surface area contributed by atoms with Crippen LogP contribution in [-0.4, -0.2) is 60.3 Å². The van der Waals surface area contributed by atoms with Gasteiger partial charge >= 0.3 is 17.9 Å². The third kappa shape index (κ3) is 4.82. The third-order valence-electron chi connectivity index (χ3n) is 5.04. The molecule has 164 valence electrons. The number of anilines is 4. The van der Waals surface area contributed by atoms with Gasteiger partial charge in [0.25, 0.3) is 0 Å². The number of hydrogen-bond acceptors (Lipinski definition) is 10. The van der Waals surface area contributed by atoms with E-state index in [4.69, 9.17) is 15.2 Å². The van der Waals surface area contributed by atoms with E-state index in [1.54, 1.807) is 0 Å². The number of carboxylic acid groups (broad SMARTS) is 1. The molecule has 31 heavy (non-hydrogen) atoms. The Balaban J connectivity index is 1.88. The lowest BCUT2D eigenvalue weighted by Crippen LogP contribution is -2.37. The second kappa shape index (κ2) is 9.28. The molecule has 0 bridgehead atoms. The van der Waals surface area contributed by atoms with E-state index in [0.29, 0.717) is 37.4 Å². The number of rotatable bonds is 6. The molecule has 1 aromatic carbocycles. The van der Waals surface area contributed by atoms with Crippen molar-refractivity contribution < 1.29 is 29.0 Å². The number of aromatic nitrogens is 2. The molecule has 11 heteroatoms. The smallest absolute Gasteiger partial charge is 0.337 e. The average Bonchev–Trinajstić information content (AvgIpc) is 2.79. The van der Waals surface area contributed by atoms with Crippen LogP contribution in [-0.2, 0) is 14.3 Å². The Bertz CT molecular complexity index is 969. The fourth-order valence-corrected chi connectivity index (χ4v) is 3.38. The maximum absolute atomic E-state index is 12.0. The van der Waals surface area contributed by atoms with Crippen LogP contribution in [0.25, 0.3) is 0 Å². The van der Waals surface area contributed by atoms with E-state index in [-0.39, 0.29) is 28.6 Å². The lowest BCUT2D eigenvalue weighted by atomic mass is 9.97. The van der Waals surface area contributed by atoms with E-state index >= 15 is 0 Å². The predicted molar refractivity (Wildman–Crippen MR) is 111 cm³/mol. The molecule has 2 aromatic rings. The van der Waals surface area contributed by atoms with Crippen LogP contribution >= 0.6 is 0 Å². The Kier molecular flexibility index (Phi) is 6.53. The van der Waals surface area contributed by atoms with Gasteiger partial charge in [-0.05, 0) is 31.0 Å². The van der Waals surface area contributed by atoms with Crippen molar-refractivity contribution in [2.45, 2.75) is 12.8 Å². The van der Waals surface area contributed by atoms with Gasteiger partial charge in [-0.3, -0.25) is 4.79 Å². The maximum atomic E-state index is 12.0. The lowest BCUT2D eigenvalue weighted by Gasteiger charge is -2.31. The number of nitrogens with one attached hydrogen (secondary N) is 1. The Morgan fingerprint density at radius 2 is 1.65 bits per heavy atom. The number of aliphatic carboxylic acids is 1. The molecule has 3 rings (SSSR count). The SMILES string of the molecule is COC(=O)c1cc(Nc2ncnc(N3CCC(C(=O)O)CC3)c2N)cc(C(=O)OC)c1. The number of nitrogen functional groups attached to an aromatic ring is 1. The minimum atomic E-state index is -0.801. The highest BCUT2D eigenvalue weighted by Crippen LogP contribution is 2.32. The summed E-state index contributed by atoms with van der Waals surface area (Å²) in [4.78, 5) is 45.5. The number of nitrogens with two attached hydrogens (primary N) is 1. The number of carbonyl (C=O) groups excluding carboxylic acids is 2. The van der Waals surface area contributed by atoms with Crippen LogP contribution in [0.3, 0.4) is 0 Å². The molecule has 0 atom stereocenters. The zero-order valence-corrected chi connectivity index (χ0v) is 17.1. The maximum Gasteiger partial charge on any atom is 0.337 e. The Hall–Kier alpha value is -3.89. The molecule has 0 amide bonds. The second-order valence-corrected chi connectivity index (χ2v) is 6.97. The molecule has 2 heterocycles. The van der Waals surface area contributed by atoms with Gasteiger partial charge in [-0.25, -0.2) is 19.6 Å². The normalized spacial score (nSPS) is 14.1. The van der Waals surface area contributed by atoms with E-state index < -0.39 is 17.9 Å². The zero-order chi connectivity index (χ0) is 22.5. The first-order valence-electron chi connectivity index (χ1n) is 9.51. The monoisotopic (exact) mass is 429 g/mol. The van der Waals surface area contributed by atoms with Gasteiger partial charge in [0.1, 0.15) is 12.0 Å². The second-order valence-electron chi connectivity index (χ2n) is 6.97. The number of benzene rings is 1. The molecule has 1 fully saturated rings. The molecule has 0 spiro atoms. The number of ether oxygens (including phenoxy) is 2. The van der Waals surface area contributed by atoms with Gasteiger partial charge in [-0.15, -0.1) is 0 Å². The molecule has 0 saturated carbocycles. The van der Waals surface area contributed by atoms with Gasteiger partial charge in [-0.1, -0.05) is 0 Å². The van der Waals surface area contributed by atoms with E-state index in [0.717, 1.165) is 0 Å². The number of esters is 2. The number of carbonyl (C=O) groups is 3. The van der Waals surface area contributed by atoms with Gasteiger partial charge in [-0.2, -0.15) is 0 Å². The van der Waals surface area contributed by atoms with Crippen LogP contribution in [0.4, 0.5) is 23.0 Å². The Labute approximate surface area is 178 Å². The first kappa shape index (κ1) is 21.8. The molecule has 1 aliphatic rings. The molecule has 4 N–H and O–H groups in total. The average molecular weight is 429 g/mol. The fourth-order valence-electron chi connectivity index (χ4n) is 3.38. The minimum Gasteiger partial charge on any atom is -0.481 e. The summed E-state index contributed by atoms with van der Waals surface area (Å²) in [5.41, 5.74) is 7.22. The van der Waals surface area contributed by atoms with Gasteiger partial charge in [0.2, 0.25) is 0 Å². The standard InChI is InChI=1S/C20H23N5O6/c1-30-19(28)12-7-13(20(29)31-2)9-14(8-12)24-16-15(21)17(23-10-22-16)25-5-3-11(4-6-25)18(26)27/h7-11H,3-6,21H2,1-2H3,(H,26,27)(H,22,23,24). The van der Waals surface area contributed by atoms with E-state index in [9.17, 15) is 19.5 Å². The van der Waals surface area contributed by atoms with Crippen molar-refractivity contribution in [3.8, 4) is 0 Å². The predicted octanol–water partition coefficient (Wildman–Crippen LogP) is 1.68. The van der Waals surface area contributed by atoms with Crippen LogP contribution in [0.15, 0.2) is 24.5 Å². The summed E-state index contributed by atoms with van der Waals surface area (Å²) in [5.74, 6) is -1.65. The van der Waals surface area contributed by atoms with Crippen LogP contribution in [0.2, 0.25) is 0 Å². The molecule has 0 radical (unpaired) electrons. The van der Waals surface area contributed by atoms with E-state index in [1.165, 1.54) is 38.7 Å². The topological polar surface area (TPSA) is 157 Å². The molecular formula is C20H23N5O6. The van der Waals surface area contributed by atoms with Gasteiger partial charge in [0, 0.05) is 18.8 Å². The molecule has 1 saturated heterocycles. The first-order valence-corrected chi connectivity index (χ1v) is 9.51. The van der Waals surface area contributed by atoms with Gasteiger partial charge in [0.05, 0.1) is 31.3 Å². The van der Waals surface area contributed by atoms with Crippen molar-refractivity contribution in [3.05, 3.63) is 35.7 Å². The zero-order valence-electron chi connectivity index (χ0n) is 17.1. The van der Waals surface area contributed by atoms with Gasteiger partial charge in [0.15, 0.2) is 11.6 Å².